The molecule has 48 heteroatoms. The molecule has 9 saturated heterocycles. The number of aliphatic hydroxyl groups is 25. The summed E-state index contributed by atoms with van der Waals surface area (Å²) in [6, 6.07) is 0. The van der Waals surface area contributed by atoms with Crippen molar-refractivity contribution in [2.45, 2.75) is 475 Å². The predicted octanol–water partition coefficient (Wildman–Crippen LogP) is -5.16. The molecular weight excluding hydrogens is 1990 g/mol. The van der Waals surface area contributed by atoms with Crippen molar-refractivity contribution in [3.05, 3.63) is 60.3 Å². The lowest BCUT2D eigenvalue weighted by Crippen LogP contribution is -2.70. The van der Waals surface area contributed by atoms with Crippen molar-refractivity contribution in [3.8, 4) is 0 Å². The molecule has 0 aromatic heterocycles. The largest absolute Gasteiger partial charge is 0.458 e. The molecule has 0 bridgehead atoms. The monoisotopic (exact) mass is 2160 g/mol. The molecule has 14 aliphatic rings. The number of hydrogen-bond donors (Lipinski definition) is 25. The Morgan fingerprint density at radius 1 is 0.413 bits per heavy atom. The third-order valence-corrected chi connectivity index (χ3v) is 35.6. The zero-order chi connectivity index (χ0) is 110. The average molecular weight is 2160 g/mol. The summed E-state index contributed by atoms with van der Waals surface area (Å²) < 4.78 is 122. The number of aliphatic hydroxyl groups excluding tert-OH is 25. The van der Waals surface area contributed by atoms with Crippen molar-refractivity contribution in [1.29, 1.82) is 0 Å². The SMILES string of the molecule is C=C[C@@](C)(CC/C=C(\C)C(=O)O[C@H]1[C@H](O)[C@@H](O)[C@H](O[C@](C)(C=C)CC/C=C(\C)C(=O)O[C@H]2C[C@]3(C(=O)O[C@@H]4O[C@H](CO)[C@@H](O)[C@H](O)[C@H]4O[C@H]4O[C@H](C)[C@@H](O[C@@H]5OC[C@@H](O)[C@H](O)[C@H]5O)C(O)C4O)C(O)C[C@]4(C)C(=CC[C@@H]5[C@@]6(C)CC[C@H](O[C@@H]7O[C@H](CO[C@@H]8O[C@H](C)[C@H](O)[C@H](O)[C@H]8O[C@@H]8OC[C@H](O)[C@H](O)[C@H]8O)[C@@H](O)[C@H](O)[C@H]7O[C@@H]7O[C@H](CO)[C@@H](O)[C@H](O)[C@H]7O)C(C)(C)[C@@H]6CC[C@]54C)[C@@H]3CC2(C)C)O[C@@H]1C)O[C@@H]1O[C@H](C)[C@@H](O)[C@H](O)[C@H]1O. The highest BCUT2D eigenvalue weighted by Crippen LogP contribution is 2.77. The van der Waals surface area contributed by atoms with Crippen LogP contribution in [0.25, 0.3) is 0 Å². The van der Waals surface area contributed by atoms with Gasteiger partial charge in [0.2, 0.25) is 6.29 Å². The number of carbonyl (C=O) groups is 3. The Balaban J connectivity index is 0.710. The second kappa shape index (κ2) is 47.4. The van der Waals surface area contributed by atoms with E-state index in [2.05, 4.69) is 40.0 Å². The maximum Gasteiger partial charge on any atom is 0.333 e. The molecule has 5 aliphatic carbocycles. The fourth-order valence-corrected chi connectivity index (χ4v) is 25.5. The molecule has 858 valence electrons. The van der Waals surface area contributed by atoms with Gasteiger partial charge >= 0.3 is 17.9 Å². The lowest BCUT2D eigenvalue weighted by atomic mass is 9.33. The number of carbonyl (C=O) groups excluding carboxylic acids is 3. The van der Waals surface area contributed by atoms with Crippen LogP contribution in [0.15, 0.2) is 60.3 Å². The quantitative estimate of drug-likeness (QED) is 0.00960. The Labute approximate surface area is 869 Å². The number of fused-ring (bicyclic) bond motifs is 7. The first-order chi connectivity index (χ1) is 70.2. The summed E-state index contributed by atoms with van der Waals surface area (Å²) in [5.41, 5.74) is -8.17. The maximum atomic E-state index is 16.7. The fourth-order valence-electron chi connectivity index (χ4n) is 25.5. The molecule has 0 aromatic carbocycles. The first-order valence-corrected chi connectivity index (χ1v) is 52.1. The first-order valence-electron chi connectivity index (χ1n) is 52.1. The summed E-state index contributed by atoms with van der Waals surface area (Å²) in [4.78, 5) is 45.4. The summed E-state index contributed by atoms with van der Waals surface area (Å²) in [6.07, 6.45) is -67.2. The third-order valence-electron chi connectivity index (χ3n) is 35.6. The van der Waals surface area contributed by atoms with Crippen molar-refractivity contribution in [1.82, 2.24) is 0 Å². The Morgan fingerprint density at radius 2 is 0.833 bits per heavy atom. The Kier molecular flexibility index (Phi) is 38.2. The molecule has 3 unspecified atom stereocenters. The third kappa shape index (κ3) is 23.3. The predicted molar refractivity (Wildman–Crippen MR) is 506 cm³/mol. The Hall–Kier alpha value is -4.57. The van der Waals surface area contributed by atoms with Gasteiger partial charge in [0.1, 0.15) is 182 Å². The van der Waals surface area contributed by atoms with Crippen molar-refractivity contribution in [3.63, 3.8) is 0 Å². The molecule has 0 amide bonds. The van der Waals surface area contributed by atoms with E-state index in [1.807, 2.05) is 27.7 Å². The van der Waals surface area contributed by atoms with E-state index in [9.17, 15) is 132 Å². The van der Waals surface area contributed by atoms with Gasteiger partial charge in [0.15, 0.2) is 62.5 Å². The summed E-state index contributed by atoms with van der Waals surface area (Å²) in [5.74, 6) is -4.41. The van der Waals surface area contributed by atoms with E-state index in [1.54, 1.807) is 26.0 Å². The lowest BCUT2D eigenvalue weighted by molar-refractivity contribution is -0.385. The molecule has 55 atom stereocenters. The lowest BCUT2D eigenvalue weighted by Gasteiger charge is -2.72. The van der Waals surface area contributed by atoms with Crippen molar-refractivity contribution >= 4 is 17.9 Å². The summed E-state index contributed by atoms with van der Waals surface area (Å²) in [5, 5.41) is 280. The van der Waals surface area contributed by atoms with Gasteiger partial charge in [0.25, 0.3) is 0 Å². The van der Waals surface area contributed by atoms with Gasteiger partial charge in [-0.05, 0) is 165 Å². The Morgan fingerprint density at radius 3 is 1.39 bits per heavy atom. The molecule has 9 heterocycles. The van der Waals surface area contributed by atoms with Gasteiger partial charge in [-0.15, -0.1) is 13.2 Å². The molecule has 150 heavy (non-hydrogen) atoms. The van der Waals surface area contributed by atoms with Crippen LogP contribution >= 0.6 is 0 Å². The van der Waals surface area contributed by atoms with Crippen LogP contribution in [0.4, 0.5) is 0 Å². The van der Waals surface area contributed by atoms with Crippen LogP contribution in [0.2, 0.25) is 0 Å². The van der Waals surface area contributed by atoms with Crippen LogP contribution in [-0.2, 0) is 109 Å². The molecule has 4 saturated carbocycles. The van der Waals surface area contributed by atoms with E-state index in [1.165, 1.54) is 53.7 Å². The molecule has 9 aliphatic heterocycles. The van der Waals surface area contributed by atoms with Crippen LogP contribution in [0.3, 0.4) is 0 Å². The zero-order valence-electron chi connectivity index (χ0n) is 87.2. The van der Waals surface area contributed by atoms with Crippen LogP contribution in [0.1, 0.15) is 181 Å². The molecule has 0 aromatic rings. The van der Waals surface area contributed by atoms with E-state index in [4.69, 9.17) is 94.7 Å². The van der Waals surface area contributed by atoms with Crippen LogP contribution in [0, 0.1) is 50.2 Å². The van der Waals surface area contributed by atoms with Gasteiger partial charge in [-0.25, -0.2) is 9.59 Å². The number of ether oxygens (including phenoxy) is 20. The number of hydrogen-bond acceptors (Lipinski definition) is 48. The highest BCUT2D eigenvalue weighted by Gasteiger charge is 2.75. The summed E-state index contributed by atoms with van der Waals surface area (Å²) in [7, 11) is 0. The number of esters is 3. The van der Waals surface area contributed by atoms with Gasteiger partial charge in [-0.2, -0.15) is 0 Å². The van der Waals surface area contributed by atoms with Gasteiger partial charge in [-0.3, -0.25) is 4.79 Å². The average Bonchev–Trinajstić information content (AvgIpc) is 0.665. The van der Waals surface area contributed by atoms with E-state index in [0.717, 1.165) is 5.57 Å². The second-order valence-electron chi connectivity index (χ2n) is 46.2. The molecule has 0 radical (unpaired) electrons. The fraction of sp³-hybridized carbons (Fsp3) is 0.873. The van der Waals surface area contributed by atoms with Crippen LogP contribution in [0.5, 0.6) is 0 Å². The van der Waals surface area contributed by atoms with E-state index >= 15 is 9.59 Å². The molecule has 25 N–H and O–H groups in total. The number of allylic oxidation sites excluding steroid dienone is 4. The van der Waals surface area contributed by atoms with Crippen LogP contribution in [-0.4, -0.2) is 472 Å². The standard InChI is InChI=1S/C102H162O48/c1-18-97(13,149-89-75(125)65(115)58(108)42(5)134-89)29-21-23-41(4)84(129)143-78-44(7)137-90(77(127)71(78)121)150-98(14,19-2)28-20-22-40(3)83(128)141-57-34-102(94(130)148-93-82(68(118)63(113)51(36-104)139-93)146-87-76(126)70(120)79(45(8)136-87)144-85-72(122)60(110)48(105)37-131-85)47(32-95(57,9)10)46-24-25-54-99(15)30-27-56(96(11,12)53(99)26-31-100(54,16)101(46,17)33-55(102)107)142-92-81(147-88-74(124)66(116)62(112)50(35-103)138-88)69(119)64(114)52(140-92)39-133-91-80(67(117)59(109)43(6)135-91)145-86-73(123)61(111)49(106)38-132-86/h18-19,22-24,42-45,47-82,85-93,103-127H,1-2,20-21,25-39H2,3-17H3/b40-22+,41-23+/t42-,43-,44-,45-,47+,48-,49+,50-,51-,52-,53+,54-,55?,56+,57+,58-,59+,60+,61+,62-,63-,64-,65+,66+,67+,68+,69+,70?,71-,72-,73-,74-,75-,76?,77-,78-,79-,80-,81-,82-,85+,86+,87-,88+,89+,90+,91-,92+,93+,97+,98-,99+,100-,101-,102-/m1/s1. The minimum Gasteiger partial charge on any atom is -0.458 e. The molecule has 0 spiro atoms. The van der Waals surface area contributed by atoms with E-state index in [-0.39, 0.29) is 67.9 Å². The molecule has 13 fully saturated rings. The highest BCUT2D eigenvalue weighted by atomic mass is 16.8. The minimum atomic E-state index is -2.17. The van der Waals surface area contributed by atoms with Gasteiger partial charge in [0.05, 0.1) is 80.9 Å². The summed E-state index contributed by atoms with van der Waals surface area (Å²) >= 11 is 0. The summed E-state index contributed by atoms with van der Waals surface area (Å²) in [6.45, 7) is 30.4. The molecule has 14 rings (SSSR count). The van der Waals surface area contributed by atoms with Crippen molar-refractivity contribution < 1.29 is 237 Å². The van der Waals surface area contributed by atoms with Crippen molar-refractivity contribution in [2.24, 2.45) is 50.2 Å². The Bertz CT molecular complexity index is 4640. The van der Waals surface area contributed by atoms with E-state index < -0.39 is 389 Å². The zero-order valence-corrected chi connectivity index (χ0v) is 87.2. The number of rotatable bonds is 33. The molecular formula is C102H162O48. The first kappa shape index (κ1) is 121. The maximum absolute atomic E-state index is 16.7. The normalized spacial score (nSPS) is 49.7. The van der Waals surface area contributed by atoms with Gasteiger partial charge in [0, 0.05) is 23.0 Å². The smallest absolute Gasteiger partial charge is 0.333 e. The van der Waals surface area contributed by atoms with Crippen LogP contribution < -0.4 is 0 Å². The van der Waals surface area contributed by atoms with E-state index in [0.29, 0.717) is 25.7 Å². The van der Waals surface area contributed by atoms with Crippen molar-refractivity contribution in [2.75, 3.05) is 33.0 Å². The second-order valence-corrected chi connectivity index (χ2v) is 46.2. The topological polar surface area (TPSA) is 742 Å². The minimum absolute atomic E-state index is 0.00236. The van der Waals surface area contributed by atoms with Gasteiger partial charge in [-0.1, -0.05) is 84.4 Å². The van der Waals surface area contributed by atoms with Gasteiger partial charge < -0.3 is 222 Å². The highest BCUT2D eigenvalue weighted by molar-refractivity contribution is 5.88. The molecule has 48 nitrogen and oxygen atoms in total.